The Bertz CT molecular complexity index is 498. The second kappa shape index (κ2) is 4.60. The first kappa shape index (κ1) is 10.4. The molecule has 1 N–H and O–H groups in total. The molecule has 1 atom stereocenters. The van der Waals surface area contributed by atoms with E-state index in [0.717, 1.165) is 5.56 Å². The molecule has 4 nitrogen and oxygen atoms in total. The van der Waals surface area contributed by atoms with Gasteiger partial charge >= 0.3 is 0 Å². The van der Waals surface area contributed by atoms with Crippen LogP contribution in [0.2, 0.25) is 0 Å². The maximum absolute atomic E-state index is 9.29. The number of benzene rings is 1. The molecule has 1 unspecified atom stereocenters. The third-order valence-electron chi connectivity index (χ3n) is 2.28. The highest BCUT2D eigenvalue weighted by Crippen LogP contribution is 2.11. The molecule has 16 heavy (non-hydrogen) atoms. The lowest BCUT2D eigenvalue weighted by atomic mass is 10.2. The van der Waals surface area contributed by atoms with Gasteiger partial charge in [0.1, 0.15) is 0 Å². The predicted molar refractivity (Wildman–Crippen MR) is 58.3 cm³/mol. The highest BCUT2D eigenvalue weighted by atomic mass is 16.3. The van der Waals surface area contributed by atoms with Crippen LogP contribution in [0.4, 0.5) is 0 Å². The summed E-state index contributed by atoms with van der Waals surface area (Å²) < 4.78 is 1.70. The maximum Gasteiger partial charge on any atom is 0.168 e. The van der Waals surface area contributed by atoms with Crippen molar-refractivity contribution in [2.24, 2.45) is 0 Å². The summed E-state index contributed by atoms with van der Waals surface area (Å²) in [6.07, 6.45) is 2.10. The van der Waals surface area contributed by atoms with Crippen LogP contribution in [0, 0.1) is 11.3 Å². The van der Waals surface area contributed by atoms with Crippen molar-refractivity contribution < 1.29 is 5.11 Å². The van der Waals surface area contributed by atoms with Crippen LogP contribution in [0.5, 0.6) is 0 Å². The van der Waals surface area contributed by atoms with Gasteiger partial charge in [0, 0.05) is 11.8 Å². The van der Waals surface area contributed by atoms with Gasteiger partial charge in [-0.05, 0) is 5.56 Å². The van der Waals surface area contributed by atoms with E-state index in [9.17, 15) is 5.11 Å². The van der Waals surface area contributed by atoms with Crippen molar-refractivity contribution in [3.63, 3.8) is 0 Å². The molecule has 0 aliphatic rings. The van der Waals surface area contributed by atoms with Gasteiger partial charge < -0.3 is 5.11 Å². The largest absolute Gasteiger partial charge is 0.374 e. The van der Waals surface area contributed by atoms with E-state index in [4.69, 9.17) is 5.26 Å². The number of aromatic nitrogens is 2. The standard InChI is InChI=1S/C12H11N3O/c13-6-12(16)11-7-14-15(9-11)8-10-4-2-1-3-5-10/h1-5,7,9,12,16H,8H2. The lowest BCUT2D eigenvalue weighted by Gasteiger charge is -2.00. The van der Waals surface area contributed by atoms with Crippen LogP contribution < -0.4 is 0 Å². The van der Waals surface area contributed by atoms with Gasteiger partial charge in [-0.3, -0.25) is 4.68 Å². The molecule has 2 rings (SSSR count). The third-order valence-corrected chi connectivity index (χ3v) is 2.28. The molecule has 0 fully saturated rings. The number of hydrogen-bond donors (Lipinski definition) is 1. The van der Waals surface area contributed by atoms with E-state index < -0.39 is 6.10 Å². The molecule has 0 aliphatic heterocycles. The molecule has 0 spiro atoms. The van der Waals surface area contributed by atoms with Gasteiger partial charge in [-0.1, -0.05) is 30.3 Å². The summed E-state index contributed by atoms with van der Waals surface area (Å²) in [7, 11) is 0. The summed E-state index contributed by atoms with van der Waals surface area (Å²) in [6.45, 7) is 0.638. The molecule has 0 saturated carbocycles. The summed E-state index contributed by atoms with van der Waals surface area (Å²) in [5, 5.41) is 21.9. The number of rotatable bonds is 3. The van der Waals surface area contributed by atoms with Crippen molar-refractivity contribution in [3.8, 4) is 6.07 Å². The fourth-order valence-electron chi connectivity index (χ4n) is 1.45. The zero-order valence-electron chi connectivity index (χ0n) is 8.61. The van der Waals surface area contributed by atoms with E-state index in [1.165, 1.54) is 6.20 Å². The Labute approximate surface area is 93.4 Å². The van der Waals surface area contributed by atoms with E-state index in [1.807, 2.05) is 30.3 Å². The summed E-state index contributed by atoms with van der Waals surface area (Å²) in [4.78, 5) is 0. The molecule has 80 valence electrons. The van der Waals surface area contributed by atoms with Gasteiger partial charge in [0.05, 0.1) is 18.8 Å². The molecule has 0 saturated heterocycles. The van der Waals surface area contributed by atoms with Crippen molar-refractivity contribution in [2.45, 2.75) is 12.6 Å². The molecule has 4 heteroatoms. The van der Waals surface area contributed by atoms with Crippen LogP contribution in [0.3, 0.4) is 0 Å². The highest BCUT2D eigenvalue weighted by molar-refractivity contribution is 5.18. The number of hydrogen-bond acceptors (Lipinski definition) is 3. The average Bonchev–Trinajstić information content (AvgIpc) is 2.78. The first-order valence-corrected chi connectivity index (χ1v) is 4.93. The number of aliphatic hydroxyl groups excluding tert-OH is 1. The Hall–Kier alpha value is -2.12. The molecule has 0 amide bonds. The number of nitriles is 1. The van der Waals surface area contributed by atoms with E-state index in [-0.39, 0.29) is 0 Å². The van der Waals surface area contributed by atoms with Crippen LogP contribution in [-0.4, -0.2) is 14.9 Å². The summed E-state index contributed by atoms with van der Waals surface area (Å²) >= 11 is 0. The molecular weight excluding hydrogens is 202 g/mol. The Kier molecular flexibility index (Phi) is 2.99. The van der Waals surface area contributed by atoms with Crippen molar-refractivity contribution in [2.75, 3.05) is 0 Å². The zero-order valence-corrected chi connectivity index (χ0v) is 8.61. The van der Waals surface area contributed by atoms with Crippen molar-refractivity contribution >= 4 is 0 Å². The number of nitrogens with zero attached hydrogens (tertiary/aromatic N) is 3. The molecule has 1 heterocycles. The SMILES string of the molecule is N#CC(O)c1cnn(Cc2ccccc2)c1. The maximum atomic E-state index is 9.29. The van der Waals surface area contributed by atoms with E-state index in [1.54, 1.807) is 16.9 Å². The summed E-state index contributed by atoms with van der Waals surface area (Å²) in [5.41, 5.74) is 1.65. The van der Waals surface area contributed by atoms with Gasteiger partial charge in [0.15, 0.2) is 6.10 Å². The summed E-state index contributed by atoms with van der Waals surface area (Å²) in [5.74, 6) is 0. The Morgan fingerprint density at radius 2 is 2.12 bits per heavy atom. The first-order valence-electron chi connectivity index (χ1n) is 4.93. The first-order chi connectivity index (χ1) is 7.79. The second-order valence-electron chi connectivity index (χ2n) is 3.49. The predicted octanol–water partition coefficient (Wildman–Crippen LogP) is 1.49. The van der Waals surface area contributed by atoms with E-state index in [2.05, 4.69) is 5.10 Å². The molecule has 1 aromatic heterocycles. The lowest BCUT2D eigenvalue weighted by molar-refractivity contribution is 0.236. The third kappa shape index (κ3) is 2.27. The fourth-order valence-corrected chi connectivity index (χ4v) is 1.45. The minimum Gasteiger partial charge on any atom is -0.374 e. The second-order valence-corrected chi connectivity index (χ2v) is 3.49. The molecule has 0 bridgehead atoms. The van der Waals surface area contributed by atoms with Gasteiger partial charge in [0.2, 0.25) is 0 Å². The molecule has 2 aromatic rings. The quantitative estimate of drug-likeness (QED) is 0.786. The van der Waals surface area contributed by atoms with Crippen LogP contribution >= 0.6 is 0 Å². The van der Waals surface area contributed by atoms with Gasteiger partial charge in [0.25, 0.3) is 0 Å². The van der Waals surface area contributed by atoms with Crippen molar-refractivity contribution in [1.82, 2.24) is 9.78 Å². The van der Waals surface area contributed by atoms with E-state index >= 15 is 0 Å². The van der Waals surface area contributed by atoms with Gasteiger partial charge in [-0.15, -0.1) is 0 Å². The smallest absolute Gasteiger partial charge is 0.168 e. The normalized spacial score (nSPS) is 12.0. The molecular formula is C12H11N3O. The highest BCUT2D eigenvalue weighted by Gasteiger charge is 2.08. The van der Waals surface area contributed by atoms with Crippen LogP contribution in [0.15, 0.2) is 42.7 Å². The summed E-state index contributed by atoms with van der Waals surface area (Å²) in [6, 6.07) is 11.6. The topological polar surface area (TPSA) is 61.8 Å². The van der Waals surface area contributed by atoms with Crippen LogP contribution in [0.1, 0.15) is 17.2 Å². The van der Waals surface area contributed by atoms with Crippen molar-refractivity contribution in [1.29, 1.82) is 5.26 Å². The van der Waals surface area contributed by atoms with Crippen molar-refractivity contribution in [3.05, 3.63) is 53.9 Å². The van der Waals surface area contributed by atoms with Crippen LogP contribution in [-0.2, 0) is 6.54 Å². The molecule has 0 radical (unpaired) electrons. The lowest BCUT2D eigenvalue weighted by Crippen LogP contribution is -1.99. The molecule has 0 aliphatic carbocycles. The fraction of sp³-hybridized carbons (Fsp3) is 0.167. The van der Waals surface area contributed by atoms with Crippen LogP contribution in [0.25, 0.3) is 0 Å². The Morgan fingerprint density at radius 3 is 2.81 bits per heavy atom. The van der Waals surface area contributed by atoms with Gasteiger partial charge in [-0.25, -0.2) is 0 Å². The zero-order chi connectivity index (χ0) is 11.4. The monoisotopic (exact) mass is 213 g/mol. The minimum atomic E-state index is -1.09. The number of aliphatic hydroxyl groups is 1. The minimum absolute atomic E-state index is 0.526. The Morgan fingerprint density at radius 1 is 1.38 bits per heavy atom. The Balaban J connectivity index is 2.12. The molecule has 1 aromatic carbocycles. The van der Waals surface area contributed by atoms with Gasteiger partial charge in [-0.2, -0.15) is 10.4 Å². The van der Waals surface area contributed by atoms with E-state index in [0.29, 0.717) is 12.1 Å². The average molecular weight is 213 g/mol.